The Morgan fingerprint density at radius 1 is 1.38 bits per heavy atom. The average molecular weight is 396 g/mol. The highest BCUT2D eigenvalue weighted by atomic mass is 32.2. The summed E-state index contributed by atoms with van der Waals surface area (Å²) in [6, 6.07) is 5.50. The van der Waals surface area contributed by atoms with Gasteiger partial charge < -0.3 is 14.6 Å². The second-order valence-corrected chi connectivity index (χ2v) is 7.17. The summed E-state index contributed by atoms with van der Waals surface area (Å²) in [6.07, 6.45) is 2.94. The fourth-order valence-corrected chi connectivity index (χ4v) is 3.81. The molecule has 0 aliphatic carbocycles. The maximum absolute atomic E-state index is 12.6. The molecule has 1 fully saturated rings. The fourth-order valence-electron chi connectivity index (χ4n) is 2.51. The molecule has 0 atom stereocenters. The third kappa shape index (κ3) is 4.98. The van der Waals surface area contributed by atoms with E-state index in [-0.39, 0.29) is 12.3 Å². The van der Waals surface area contributed by atoms with E-state index in [1.807, 2.05) is 25.1 Å². The molecule has 0 aromatic heterocycles. The molecular formula is C18H21NO5S2. The average Bonchev–Trinajstić information content (AvgIpc) is 2.86. The van der Waals surface area contributed by atoms with Gasteiger partial charge in [-0.3, -0.25) is 14.5 Å². The van der Waals surface area contributed by atoms with E-state index < -0.39 is 5.97 Å². The van der Waals surface area contributed by atoms with Crippen molar-refractivity contribution in [3.05, 3.63) is 28.7 Å². The quantitative estimate of drug-likeness (QED) is 0.389. The number of carbonyl (C=O) groups excluding carboxylic acids is 1. The minimum absolute atomic E-state index is 0.0893. The molecule has 0 spiro atoms. The van der Waals surface area contributed by atoms with E-state index in [9.17, 15) is 9.59 Å². The van der Waals surface area contributed by atoms with Gasteiger partial charge in [-0.1, -0.05) is 36.1 Å². The largest absolute Gasteiger partial charge is 0.492 e. The van der Waals surface area contributed by atoms with Crippen molar-refractivity contribution in [2.45, 2.75) is 26.2 Å². The van der Waals surface area contributed by atoms with E-state index in [4.69, 9.17) is 26.8 Å². The second-order valence-electron chi connectivity index (χ2n) is 5.50. The highest BCUT2D eigenvalue weighted by Gasteiger charge is 2.31. The van der Waals surface area contributed by atoms with Crippen molar-refractivity contribution in [2.24, 2.45) is 0 Å². The molecule has 1 N–H and O–H groups in total. The first kappa shape index (κ1) is 20.3. The Bertz CT molecular complexity index is 732. The molecule has 0 unspecified atom stereocenters. The summed E-state index contributed by atoms with van der Waals surface area (Å²) in [5.41, 5.74) is 0.741. The third-order valence-electron chi connectivity index (χ3n) is 3.70. The number of ether oxygens (including phenoxy) is 2. The first-order chi connectivity index (χ1) is 12.5. The lowest BCUT2D eigenvalue weighted by atomic mass is 10.1. The van der Waals surface area contributed by atoms with Gasteiger partial charge in [0, 0.05) is 18.5 Å². The summed E-state index contributed by atoms with van der Waals surface area (Å²) in [5.74, 6) is 0.185. The zero-order valence-corrected chi connectivity index (χ0v) is 16.3. The van der Waals surface area contributed by atoms with E-state index in [1.165, 1.54) is 16.7 Å². The Morgan fingerprint density at radius 2 is 2.15 bits per heavy atom. The van der Waals surface area contributed by atoms with Crippen molar-refractivity contribution in [1.82, 2.24) is 4.90 Å². The van der Waals surface area contributed by atoms with E-state index in [0.29, 0.717) is 46.7 Å². The van der Waals surface area contributed by atoms with E-state index >= 15 is 0 Å². The number of thioether (sulfide) groups is 1. The maximum atomic E-state index is 12.6. The van der Waals surface area contributed by atoms with Gasteiger partial charge in [0.1, 0.15) is 4.32 Å². The first-order valence-electron chi connectivity index (χ1n) is 8.24. The molecule has 1 aliphatic heterocycles. The molecule has 0 bridgehead atoms. The molecule has 140 valence electrons. The van der Waals surface area contributed by atoms with Crippen molar-refractivity contribution in [3.8, 4) is 11.5 Å². The molecule has 1 heterocycles. The van der Waals surface area contributed by atoms with Gasteiger partial charge in [-0.25, -0.2) is 0 Å². The number of methoxy groups -OCH3 is 1. The number of carboxylic acids is 1. The van der Waals surface area contributed by atoms with Crippen molar-refractivity contribution >= 4 is 46.3 Å². The summed E-state index contributed by atoms with van der Waals surface area (Å²) in [5, 5.41) is 8.68. The lowest BCUT2D eigenvalue weighted by molar-refractivity contribution is -0.137. The number of carboxylic acid groups (broad SMARTS) is 1. The zero-order valence-electron chi connectivity index (χ0n) is 14.7. The minimum atomic E-state index is -0.837. The van der Waals surface area contributed by atoms with Crippen LogP contribution in [0, 0.1) is 0 Å². The lowest BCUT2D eigenvalue weighted by Crippen LogP contribution is -2.29. The molecule has 8 heteroatoms. The van der Waals surface area contributed by atoms with Crippen LogP contribution in [0.1, 0.15) is 31.7 Å². The Morgan fingerprint density at radius 3 is 2.81 bits per heavy atom. The third-order valence-corrected chi connectivity index (χ3v) is 5.07. The minimum Gasteiger partial charge on any atom is -0.492 e. The molecule has 1 amide bonds. The summed E-state index contributed by atoms with van der Waals surface area (Å²) in [7, 11) is 1.56. The van der Waals surface area contributed by atoms with Crippen molar-refractivity contribution < 1.29 is 24.2 Å². The number of hydrogen-bond donors (Lipinski definition) is 1. The Labute approximate surface area is 162 Å². The van der Waals surface area contributed by atoms with Gasteiger partial charge in [0.25, 0.3) is 5.91 Å². The molecular weight excluding hydrogens is 374 g/mol. The first-order valence-corrected chi connectivity index (χ1v) is 9.47. The van der Waals surface area contributed by atoms with Gasteiger partial charge in [0.2, 0.25) is 0 Å². The van der Waals surface area contributed by atoms with Crippen LogP contribution in [0.15, 0.2) is 23.1 Å². The van der Waals surface area contributed by atoms with E-state index in [2.05, 4.69) is 0 Å². The number of aliphatic carboxylic acids is 1. The van der Waals surface area contributed by atoms with Crippen molar-refractivity contribution in [2.75, 3.05) is 20.3 Å². The van der Waals surface area contributed by atoms with E-state index in [0.717, 1.165) is 5.56 Å². The number of para-hydroxylation sites is 1. The van der Waals surface area contributed by atoms with Crippen LogP contribution >= 0.6 is 24.0 Å². The van der Waals surface area contributed by atoms with Crippen LogP contribution < -0.4 is 9.47 Å². The van der Waals surface area contributed by atoms with Gasteiger partial charge in [0.15, 0.2) is 11.5 Å². The van der Waals surface area contributed by atoms with Crippen LogP contribution in [0.2, 0.25) is 0 Å². The topological polar surface area (TPSA) is 76.1 Å². The molecule has 1 aromatic carbocycles. The van der Waals surface area contributed by atoms with Gasteiger partial charge >= 0.3 is 5.97 Å². The van der Waals surface area contributed by atoms with Crippen molar-refractivity contribution in [3.63, 3.8) is 0 Å². The highest BCUT2D eigenvalue weighted by Crippen LogP contribution is 2.37. The number of hydrogen-bond acceptors (Lipinski definition) is 6. The molecule has 26 heavy (non-hydrogen) atoms. The van der Waals surface area contributed by atoms with E-state index in [1.54, 1.807) is 13.2 Å². The second kappa shape index (κ2) is 9.59. The molecule has 2 rings (SSSR count). The SMILES string of the molecule is CCOc1cccc(/C=C2\SC(=S)N(CCCCC(=O)O)C2=O)c1OC. The van der Waals surface area contributed by atoms with Crippen LogP contribution in [0.4, 0.5) is 0 Å². The summed E-state index contributed by atoms with van der Waals surface area (Å²) in [6.45, 7) is 2.82. The standard InChI is InChI=1S/C18H21NO5S2/c1-3-24-13-8-6-7-12(16(13)23-2)11-14-17(22)19(18(25)26-14)10-5-4-9-15(20)21/h6-8,11H,3-5,9-10H2,1-2H3,(H,20,21)/b14-11-. The Hall–Kier alpha value is -2.06. The van der Waals surface area contributed by atoms with Gasteiger partial charge in [-0.2, -0.15) is 0 Å². The smallest absolute Gasteiger partial charge is 0.303 e. The number of unbranched alkanes of at least 4 members (excludes halogenated alkanes) is 1. The number of carbonyl (C=O) groups is 2. The molecule has 6 nitrogen and oxygen atoms in total. The molecule has 1 saturated heterocycles. The van der Waals surface area contributed by atoms with Crippen molar-refractivity contribution in [1.29, 1.82) is 0 Å². The highest BCUT2D eigenvalue weighted by molar-refractivity contribution is 8.26. The Balaban J connectivity index is 2.14. The van der Waals surface area contributed by atoms with Crippen LogP contribution in [0.5, 0.6) is 11.5 Å². The molecule has 1 aromatic rings. The maximum Gasteiger partial charge on any atom is 0.303 e. The Kier molecular flexibility index (Phi) is 7.47. The van der Waals surface area contributed by atoms with Gasteiger partial charge in [0.05, 0.1) is 18.6 Å². The van der Waals surface area contributed by atoms with Crippen LogP contribution in [0.3, 0.4) is 0 Å². The predicted octanol–water partition coefficient (Wildman–Crippen LogP) is 3.55. The normalized spacial score (nSPS) is 15.6. The molecule has 1 aliphatic rings. The van der Waals surface area contributed by atoms with Gasteiger partial charge in [-0.15, -0.1) is 0 Å². The predicted molar refractivity (Wildman–Crippen MR) is 106 cm³/mol. The summed E-state index contributed by atoms with van der Waals surface area (Å²) in [4.78, 5) is 25.2. The van der Waals surface area contributed by atoms with Gasteiger partial charge in [-0.05, 0) is 31.9 Å². The number of thiocarbonyl (C=S) groups is 1. The van der Waals surface area contributed by atoms with Crippen LogP contribution in [-0.2, 0) is 9.59 Å². The number of amides is 1. The number of rotatable bonds is 9. The summed E-state index contributed by atoms with van der Waals surface area (Å²) >= 11 is 6.53. The monoisotopic (exact) mass is 395 g/mol. The van der Waals surface area contributed by atoms with Crippen LogP contribution in [-0.4, -0.2) is 46.5 Å². The molecule has 0 saturated carbocycles. The zero-order chi connectivity index (χ0) is 19.1. The lowest BCUT2D eigenvalue weighted by Gasteiger charge is -2.14. The molecule has 0 radical (unpaired) electrons. The van der Waals surface area contributed by atoms with Crippen LogP contribution in [0.25, 0.3) is 6.08 Å². The fraction of sp³-hybridized carbons (Fsp3) is 0.389. The number of benzene rings is 1. The number of nitrogens with zero attached hydrogens (tertiary/aromatic N) is 1. The summed E-state index contributed by atoms with van der Waals surface area (Å²) < 4.78 is 11.5.